The zero-order valence-corrected chi connectivity index (χ0v) is 21.0. The molecule has 0 amide bonds. The first kappa shape index (κ1) is 25.3. The Bertz CT molecular complexity index is 951. The first-order valence-corrected chi connectivity index (χ1v) is 13.7. The SMILES string of the molecule is COc1ccc2nccc([C@@H](O)CCC3CCN(CCCSC4CC4)CC3CCC(=O)O)c2c1. The summed E-state index contributed by atoms with van der Waals surface area (Å²) in [6, 6.07) is 7.65. The summed E-state index contributed by atoms with van der Waals surface area (Å²) >= 11 is 2.11. The Balaban J connectivity index is 1.34. The molecule has 2 aromatic rings. The molecule has 1 aromatic heterocycles. The molecule has 1 aliphatic heterocycles. The Morgan fingerprint density at radius 2 is 2.09 bits per heavy atom. The van der Waals surface area contributed by atoms with Crippen LogP contribution in [0.3, 0.4) is 0 Å². The molecule has 1 aromatic carbocycles. The predicted octanol–water partition coefficient (Wildman–Crippen LogP) is 5.15. The second kappa shape index (κ2) is 12.2. The summed E-state index contributed by atoms with van der Waals surface area (Å²) in [6.07, 6.45) is 8.78. The van der Waals surface area contributed by atoms with Crippen molar-refractivity contribution in [1.82, 2.24) is 9.88 Å². The molecule has 1 aliphatic carbocycles. The van der Waals surface area contributed by atoms with E-state index in [1.807, 2.05) is 24.3 Å². The molecule has 6 nitrogen and oxygen atoms in total. The van der Waals surface area contributed by atoms with Crippen molar-refractivity contribution in [2.75, 3.05) is 32.5 Å². The lowest BCUT2D eigenvalue weighted by atomic mass is 9.79. The molecule has 3 atom stereocenters. The summed E-state index contributed by atoms with van der Waals surface area (Å²) in [4.78, 5) is 18.2. The van der Waals surface area contributed by atoms with Gasteiger partial charge in [-0.15, -0.1) is 0 Å². The molecule has 7 heteroatoms. The van der Waals surface area contributed by atoms with Gasteiger partial charge in [-0.05, 0) is 105 Å². The number of pyridine rings is 1. The van der Waals surface area contributed by atoms with Gasteiger partial charge in [-0.2, -0.15) is 11.8 Å². The van der Waals surface area contributed by atoms with Crippen molar-refractivity contribution in [1.29, 1.82) is 0 Å². The van der Waals surface area contributed by atoms with E-state index in [0.717, 1.165) is 66.4 Å². The first-order valence-electron chi connectivity index (χ1n) is 12.7. The van der Waals surface area contributed by atoms with E-state index in [-0.39, 0.29) is 6.42 Å². The van der Waals surface area contributed by atoms with Crippen molar-refractivity contribution in [3.05, 3.63) is 36.0 Å². The van der Waals surface area contributed by atoms with Crippen LogP contribution in [0, 0.1) is 11.8 Å². The number of aromatic nitrogens is 1. The molecule has 2 aliphatic rings. The van der Waals surface area contributed by atoms with Gasteiger partial charge in [0, 0.05) is 29.8 Å². The van der Waals surface area contributed by atoms with Gasteiger partial charge in [0.1, 0.15) is 5.75 Å². The van der Waals surface area contributed by atoms with Crippen molar-refractivity contribution in [2.45, 2.75) is 62.7 Å². The minimum atomic E-state index is -0.714. The molecule has 2 unspecified atom stereocenters. The van der Waals surface area contributed by atoms with Gasteiger partial charge in [-0.25, -0.2) is 0 Å². The number of hydrogen-bond donors (Lipinski definition) is 2. The number of aliphatic hydroxyl groups is 1. The average Bonchev–Trinajstić information content (AvgIpc) is 3.68. The number of piperidine rings is 1. The van der Waals surface area contributed by atoms with Crippen LogP contribution in [0.2, 0.25) is 0 Å². The van der Waals surface area contributed by atoms with Crippen LogP contribution in [0.15, 0.2) is 30.5 Å². The number of aliphatic carboxylic acids is 1. The molecule has 34 heavy (non-hydrogen) atoms. The molecule has 2 heterocycles. The van der Waals surface area contributed by atoms with Crippen LogP contribution >= 0.6 is 11.8 Å². The van der Waals surface area contributed by atoms with Gasteiger partial charge < -0.3 is 19.8 Å². The Morgan fingerprint density at radius 3 is 2.85 bits per heavy atom. The molecular weight excluding hydrogens is 448 g/mol. The van der Waals surface area contributed by atoms with Gasteiger partial charge in [0.2, 0.25) is 0 Å². The zero-order chi connectivity index (χ0) is 23.9. The van der Waals surface area contributed by atoms with Gasteiger partial charge in [0.15, 0.2) is 0 Å². The minimum Gasteiger partial charge on any atom is -0.497 e. The zero-order valence-electron chi connectivity index (χ0n) is 20.2. The summed E-state index contributed by atoms with van der Waals surface area (Å²) < 4.78 is 5.37. The highest BCUT2D eigenvalue weighted by Crippen LogP contribution is 2.36. The third-order valence-electron chi connectivity index (χ3n) is 7.35. The number of benzene rings is 1. The van der Waals surface area contributed by atoms with Crippen molar-refractivity contribution in [3.8, 4) is 5.75 Å². The lowest BCUT2D eigenvalue weighted by Gasteiger charge is -2.39. The maximum absolute atomic E-state index is 11.3. The van der Waals surface area contributed by atoms with E-state index in [4.69, 9.17) is 4.74 Å². The standard InChI is InChI=1S/C27H38N2O4S/c1-33-21-5-8-25-24(17-21)23(11-13-28-25)26(30)9-3-19-12-15-29(14-2-16-34-22-6-7-22)18-20(19)4-10-27(31)32/h5,8,11,13,17,19-20,22,26,30H,2-4,6-7,9-10,12,14-16,18H2,1H3,(H,31,32)/t19?,20?,26-/m0/s1. The molecule has 0 radical (unpaired) electrons. The number of thioether (sulfide) groups is 1. The number of ether oxygens (including phenoxy) is 1. The number of carboxylic acids is 1. The Kier molecular flexibility index (Phi) is 9.09. The molecule has 0 spiro atoms. The third-order valence-corrected chi connectivity index (χ3v) is 8.82. The Hall–Kier alpha value is -1.83. The number of fused-ring (bicyclic) bond motifs is 1. The van der Waals surface area contributed by atoms with E-state index >= 15 is 0 Å². The van der Waals surface area contributed by atoms with Gasteiger partial charge in [0.05, 0.1) is 18.7 Å². The molecular formula is C27H38N2O4S. The number of likely N-dealkylation sites (tertiary alicyclic amines) is 1. The number of methoxy groups -OCH3 is 1. The smallest absolute Gasteiger partial charge is 0.303 e. The number of hydrogen-bond acceptors (Lipinski definition) is 6. The quantitative estimate of drug-likeness (QED) is 0.379. The number of nitrogens with zero attached hydrogens (tertiary/aromatic N) is 2. The van der Waals surface area contributed by atoms with Crippen molar-refractivity contribution < 1.29 is 19.7 Å². The number of rotatable bonds is 13. The highest BCUT2D eigenvalue weighted by molar-refractivity contribution is 8.00. The minimum absolute atomic E-state index is 0.226. The normalized spacial score (nSPS) is 22.1. The van der Waals surface area contributed by atoms with Crippen LogP contribution in [-0.4, -0.2) is 63.8 Å². The molecule has 1 saturated heterocycles. The third kappa shape index (κ3) is 7.09. The van der Waals surface area contributed by atoms with Crippen LogP contribution in [0.4, 0.5) is 0 Å². The number of carbonyl (C=O) groups is 1. The Morgan fingerprint density at radius 1 is 1.24 bits per heavy atom. The maximum Gasteiger partial charge on any atom is 0.303 e. The average molecular weight is 487 g/mol. The highest BCUT2D eigenvalue weighted by Gasteiger charge is 2.30. The van der Waals surface area contributed by atoms with Crippen molar-refractivity contribution in [3.63, 3.8) is 0 Å². The summed E-state index contributed by atoms with van der Waals surface area (Å²) in [5.41, 5.74) is 1.74. The number of carboxylic acid groups (broad SMARTS) is 1. The molecule has 2 fully saturated rings. The maximum atomic E-state index is 11.3. The summed E-state index contributed by atoms with van der Waals surface area (Å²) in [5, 5.41) is 22.2. The van der Waals surface area contributed by atoms with Crippen LogP contribution in [0.25, 0.3) is 10.9 Å². The van der Waals surface area contributed by atoms with Gasteiger partial charge in [0.25, 0.3) is 0 Å². The summed E-state index contributed by atoms with van der Waals surface area (Å²) in [7, 11) is 1.64. The van der Waals surface area contributed by atoms with E-state index in [1.165, 1.54) is 25.0 Å². The van der Waals surface area contributed by atoms with E-state index < -0.39 is 12.1 Å². The monoisotopic (exact) mass is 486 g/mol. The first-order chi connectivity index (χ1) is 16.5. The molecule has 1 saturated carbocycles. The van der Waals surface area contributed by atoms with Crippen molar-refractivity contribution >= 4 is 28.6 Å². The van der Waals surface area contributed by atoms with Crippen LogP contribution in [-0.2, 0) is 4.79 Å². The molecule has 0 bridgehead atoms. The largest absolute Gasteiger partial charge is 0.497 e. The van der Waals surface area contributed by atoms with E-state index in [2.05, 4.69) is 21.6 Å². The lowest BCUT2D eigenvalue weighted by molar-refractivity contribution is -0.137. The van der Waals surface area contributed by atoms with Gasteiger partial charge in [-0.1, -0.05) is 0 Å². The van der Waals surface area contributed by atoms with Gasteiger partial charge in [-0.3, -0.25) is 9.78 Å². The predicted molar refractivity (Wildman–Crippen MR) is 137 cm³/mol. The second-order valence-electron chi connectivity index (χ2n) is 9.84. The van der Waals surface area contributed by atoms with Crippen LogP contribution in [0.1, 0.15) is 63.0 Å². The number of aliphatic hydroxyl groups excluding tert-OH is 1. The fraction of sp³-hybridized carbons (Fsp3) is 0.630. The Labute approximate surface area is 207 Å². The van der Waals surface area contributed by atoms with E-state index in [1.54, 1.807) is 13.3 Å². The summed E-state index contributed by atoms with van der Waals surface area (Å²) in [5.74, 6) is 2.11. The highest BCUT2D eigenvalue weighted by atomic mass is 32.2. The van der Waals surface area contributed by atoms with Gasteiger partial charge >= 0.3 is 5.97 Å². The summed E-state index contributed by atoms with van der Waals surface area (Å²) in [6.45, 7) is 3.18. The fourth-order valence-corrected chi connectivity index (χ4v) is 6.34. The second-order valence-corrected chi connectivity index (χ2v) is 11.3. The van der Waals surface area contributed by atoms with Crippen LogP contribution in [0.5, 0.6) is 5.75 Å². The molecule has 186 valence electrons. The topological polar surface area (TPSA) is 82.9 Å². The van der Waals surface area contributed by atoms with Crippen LogP contribution < -0.4 is 4.74 Å². The van der Waals surface area contributed by atoms with Crippen molar-refractivity contribution in [2.24, 2.45) is 11.8 Å². The van der Waals surface area contributed by atoms with E-state index in [9.17, 15) is 15.0 Å². The lowest BCUT2D eigenvalue weighted by Crippen LogP contribution is -2.41. The molecule has 2 N–H and O–H groups in total. The molecule has 4 rings (SSSR count). The van der Waals surface area contributed by atoms with E-state index in [0.29, 0.717) is 18.3 Å². The fourth-order valence-electron chi connectivity index (χ4n) is 5.24.